The largest absolute Gasteiger partial charge is 0.461 e. The van der Waals surface area contributed by atoms with Gasteiger partial charge in [-0.05, 0) is 25.1 Å². The standard InChI is InChI=1S/C14H14O3/c1-10-5-6-13(17-10)11-3-2-4-12(9-11)14-15-7-8-16-14/h2-6,9,14H,7-8H2,1H3. The van der Waals surface area contributed by atoms with E-state index in [4.69, 9.17) is 13.9 Å². The smallest absolute Gasteiger partial charge is 0.184 e. The molecule has 1 aromatic carbocycles. The quantitative estimate of drug-likeness (QED) is 0.793. The molecule has 3 rings (SSSR count). The summed E-state index contributed by atoms with van der Waals surface area (Å²) in [7, 11) is 0. The zero-order valence-corrected chi connectivity index (χ0v) is 9.68. The third-order valence-electron chi connectivity index (χ3n) is 2.81. The van der Waals surface area contributed by atoms with Crippen molar-refractivity contribution in [3.8, 4) is 11.3 Å². The van der Waals surface area contributed by atoms with Crippen LogP contribution in [-0.2, 0) is 9.47 Å². The molecule has 1 aromatic heterocycles. The zero-order valence-electron chi connectivity index (χ0n) is 9.68. The van der Waals surface area contributed by atoms with Crippen molar-refractivity contribution in [1.29, 1.82) is 0 Å². The van der Waals surface area contributed by atoms with Gasteiger partial charge in [-0.1, -0.05) is 18.2 Å². The Balaban J connectivity index is 1.93. The van der Waals surface area contributed by atoms with Gasteiger partial charge in [0.15, 0.2) is 6.29 Å². The fraction of sp³-hybridized carbons (Fsp3) is 0.286. The van der Waals surface area contributed by atoms with Gasteiger partial charge in [-0.3, -0.25) is 0 Å². The second-order valence-electron chi connectivity index (χ2n) is 4.11. The van der Waals surface area contributed by atoms with E-state index < -0.39 is 0 Å². The van der Waals surface area contributed by atoms with Crippen molar-refractivity contribution in [2.75, 3.05) is 13.2 Å². The van der Waals surface area contributed by atoms with Gasteiger partial charge < -0.3 is 13.9 Å². The summed E-state index contributed by atoms with van der Waals surface area (Å²) >= 11 is 0. The van der Waals surface area contributed by atoms with Crippen LogP contribution in [0.5, 0.6) is 0 Å². The highest BCUT2D eigenvalue weighted by molar-refractivity contribution is 5.58. The summed E-state index contributed by atoms with van der Waals surface area (Å²) in [5, 5.41) is 0. The third kappa shape index (κ3) is 2.12. The van der Waals surface area contributed by atoms with Crippen LogP contribution in [0.2, 0.25) is 0 Å². The first-order valence-electron chi connectivity index (χ1n) is 5.73. The Morgan fingerprint density at radius 3 is 2.59 bits per heavy atom. The van der Waals surface area contributed by atoms with Crippen molar-refractivity contribution >= 4 is 0 Å². The van der Waals surface area contributed by atoms with Crippen molar-refractivity contribution in [3.05, 3.63) is 47.7 Å². The van der Waals surface area contributed by atoms with Gasteiger partial charge in [0, 0.05) is 11.1 Å². The Kier molecular flexibility index (Phi) is 2.71. The molecule has 1 aliphatic rings. The van der Waals surface area contributed by atoms with Crippen molar-refractivity contribution in [1.82, 2.24) is 0 Å². The molecule has 0 saturated carbocycles. The van der Waals surface area contributed by atoms with Crippen molar-refractivity contribution in [3.63, 3.8) is 0 Å². The predicted octanol–water partition coefficient (Wildman–Crippen LogP) is 3.30. The van der Waals surface area contributed by atoms with Crippen LogP contribution in [0.3, 0.4) is 0 Å². The summed E-state index contributed by atoms with van der Waals surface area (Å²) in [6, 6.07) is 12.0. The maximum atomic E-state index is 5.61. The van der Waals surface area contributed by atoms with E-state index in [2.05, 4.69) is 0 Å². The minimum absolute atomic E-state index is 0.231. The Bertz CT molecular complexity index is 510. The molecule has 1 aliphatic heterocycles. The molecule has 3 nitrogen and oxygen atoms in total. The molecule has 3 heteroatoms. The van der Waals surface area contributed by atoms with E-state index in [1.807, 2.05) is 43.3 Å². The molecule has 1 fully saturated rings. The van der Waals surface area contributed by atoms with E-state index in [0.717, 1.165) is 22.6 Å². The molecule has 0 bridgehead atoms. The first-order chi connectivity index (χ1) is 8.33. The monoisotopic (exact) mass is 230 g/mol. The molecule has 0 aliphatic carbocycles. The van der Waals surface area contributed by atoms with Crippen LogP contribution in [0.4, 0.5) is 0 Å². The second kappa shape index (κ2) is 4.35. The van der Waals surface area contributed by atoms with E-state index in [0.29, 0.717) is 13.2 Å². The molecule has 2 heterocycles. The highest BCUT2D eigenvalue weighted by atomic mass is 16.7. The average Bonchev–Trinajstić information content (AvgIpc) is 3.00. The molecule has 0 N–H and O–H groups in total. The van der Waals surface area contributed by atoms with Crippen LogP contribution in [0, 0.1) is 6.92 Å². The fourth-order valence-electron chi connectivity index (χ4n) is 1.98. The fourth-order valence-corrected chi connectivity index (χ4v) is 1.98. The predicted molar refractivity (Wildman–Crippen MR) is 63.5 cm³/mol. The lowest BCUT2D eigenvalue weighted by Gasteiger charge is -2.09. The van der Waals surface area contributed by atoms with Crippen LogP contribution in [0.15, 0.2) is 40.8 Å². The number of benzene rings is 1. The summed E-state index contributed by atoms with van der Waals surface area (Å²) in [6.07, 6.45) is -0.231. The topological polar surface area (TPSA) is 31.6 Å². The number of rotatable bonds is 2. The molecule has 0 unspecified atom stereocenters. The van der Waals surface area contributed by atoms with E-state index in [1.165, 1.54) is 0 Å². The molecule has 0 atom stereocenters. The van der Waals surface area contributed by atoms with E-state index >= 15 is 0 Å². The molecule has 0 radical (unpaired) electrons. The van der Waals surface area contributed by atoms with Crippen LogP contribution in [-0.4, -0.2) is 13.2 Å². The Hall–Kier alpha value is -1.58. The highest BCUT2D eigenvalue weighted by Crippen LogP contribution is 2.28. The molecule has 2 aromatic rings. The third-order valence-corrected chi connectivity index (χ3v) is 2.81. The SMILES string of the molecule is Cc1ccc(-c2cccc(C3OCCO3)c2)o1. The molecular weight excluding hydrogens is 216 g/mol. The Morgan fingerprint density at radius 2 is 1.88 bits per heavy atom. The molecule has 88 valence electrons. The first-order valence-corrected chi connectivity index (χ1v) is 5.73. The second-order valence-corrected chi connectivity index (χ2v) is 4.11. The summed E-state index contributed by atoms with van der Waals surface area (Å²) < 4.78 is 16.6. The van der Waals surface area contributed by atoms with Gasteiger partial charge in [0.05, 0.1) is 13.2 Å². The normalized spacial score (nSPS) is 16.5. The molecule has 0 spiro atoms. The average molecular weight is 230 g/mol. The number of hydrogen-bond acceptors (Lipinski definition) is 3. The maximum absolute atomic E-state index is 5.61. The lowest BCUT2D eigenvalue weighted by Crippen LogP contribution is -1.97. The van der Waals surface area contributed by atoms with Crippen LogP contribution in [0.1, 0.15) is 17.6 Å². The minimum Gasteiger partial charge on any atom is -0.461 e. The number of aryl methyl sites for hydroxylation is 1. The Morgan fingerprint density at radius 1 is 1.06 bits per heavy atom. The summed E-state index contributed by atoms with van der Waals surface area (Å²) in [5.74, 6) is 1.79. The number of ether oxygens (including phenoxy) is 2. The first kappa shape index (κ1) is 10.6. The van der Waals surface area contributed by atoms with Crippen LogP contribution >= 0.6 is 0 Å². The van der Waals surface area contributed by atoms with Crippen LogP contribution in [0.25, 0.3) is 11.3 Å². The molecule has 1 saturated heterocycles. The van der Waals surface area contributed by atoms with Gasteiger partial charge in [-0.15, -0.1) is 0 Å². The summed E-state index contributed by atoms with van der Waals surface area (Å²) in [4.78, 5) is 0. The highest BCUT2D eigenvalue weighted by Gasteiger charge is 2.18. The van der Waals surface area contributed by atoms with Crippen LogP contribution < -0.4 is 0 Å². The van der Waals surface area contributed by atoms with Crippen molar-refractivity contribution < 1.29 is 13.9 Å². The van der Waals surface area contributed by atoms with Gasteiger partial charge >= 0.3 is 0 Å². The maximum Gasteiger partial charge on any atom is 0.184 e. The lowest BCUT2D eigenvalue weighted by atomic mass is 10.1. The van der Waals surface area contributed by atoms with Gasteiger partial charge in [0.25, 0.3) is 0 Å². The minimum atomic E-state index is -0.231. The molecular formula is C14H14O3. The van der Waals surface area contributed by atoms with Crippen molar-refractivity contribution in [2.45, 2.75) is 13.2 Å². The number of hydrogen-bond donors (Lipinski definition) is 0. The van der Waals surface area contributed by atoms with Gasteiger partial charge in [0.2, 0.25) is 0 Å². The van der Waals surface area contributed by atoms with Crippen molar-refractivity contribution in [2.24, 2.45) is 0 Å². The van der Waals surface area contributed by atoms with E-state index in [9.17, 15) is 0 Å². The zero-order chi connectivity index (χ0) is 11.7. The van der Waals surface area contributed by atoms with Gasteiger partial charge in [-0.25, -0.2) is 0 Å². The summed E-state index contributed by atoms with van der Waals surface area (Å²) in [6.45, 7) is 3.26. The summed E-state index contributed by atoms with van der Waals surface area (Å²) in [5.41, 5.74) is 2.09. The van der Waals surface area contributed by atoms with Gasteiger partial charge in [-0.2, -0.15) is 0 Å². The molecule has 17 heavy (non-hydrogen) atoms. The van der Waals surface area contributed by atoms with E-state index in [-0.39, 0.29) is 6.29 Å². The molecule has 0 amide bonds. The number of furan rings is 1. The lowest BCUT2D eigenvalue weighted by molar-refractivity contribution is -0.0440. The van der Waals surface area contributed by atoms with E-state index in [1.54, 1.807) is 0 Å². The van der Waals surface area contributed by atoms with Gasteiger partial charge in [0.1, 0.15) is 11.5 Å². The Labute approximate surface area is 100.0 Å².